The molecule has 0 aromatic heterocycles. The fraction of sp³-hybridized carbons (Fsp3) is 0.0508. The molecule has 0 saturated carbocycles. The van der Waals surface area contributed by atoms with Gasteiger partial charge in [0.25, 0.3) is 0 Å². The van der Waals surface area contributed by atoms with Crippen molar-refractivity contribution in [2.75, 3.05) is 0 Å². The molecule has 0 spiro atoms. The lowest BCUT2D eigenvalue weighted by molar-refractivity contribution is 0.661. The quantitative estimate of drug-likeness (QED) is 0.124. The first-order valence-corrected chi connectivity index (χ1v) is 20.8. The number of fused-ring (bicyclic) bond motifs is 10. The maximum absolute atomic E-state index is 2.45. The monoisotopic (exact) mass is 748 g/mol. The van der Waals surface area contributed by atoms with E-state index in [1.807, 2.05) is 0 Å². The topological polar surface area (TPSA) is 0 Å². The van der Waals surface area contributed by atoms with Crippen LogP contribution in [0.2, 0.25) is 0 Å². The van der Waals surface area contributed by atoms with Crippen LogP contribution in [0.3, 0.4) is 0 Å². The average molecular weight is 749 g/mol. The first-order valence-electron chi connectivity index (χ1n) is 20.8. The van der Waals surface area contributed by atoms with Gasteiger partial charge in [-0.3, -0.25) is 0 Å². The fourth-order valence-corrected chi connectivity index (χ4v) is 10.5. The summed E-state index contributed by atoms with van der Waals surface area (Å²) in [4.78, 5) is 0. The van der Waals surface area contributed by atoms with Gasteiger partial charge in [0.15, 0.2) is 0 Å². The number of benzene rings is 11. The molecule has 0 N–H and O–H groups in total. The SMILES string of the molecule is CC1(C)c2ccc(-c3cccc(-c4c5ccccc5c(-c5ccccc5-c5cc6ccccc6c6ccccc56)c5ccccc45)c3)cc2-c2c1ccc1ccccc21. The summed E-state index contributed by atoms with van der Waals surface area (Å²) >= 11 is 0. The molecule has 276 valence electrons. The second-order valence-electron chi connectivity index (χ2n) is 16.8. The van der Waals surface area contributed by atoms with Crippen molar-refractivity contribution >= 4 is 53.9 Å². The highest BCUT2D eigenvalue weighted by Crippen LogP contribution is 2.53. The van der Waals surface area contributed by atoms with Gasteiger partial charge in [-0.1, -0.05) is 202 Å². The van der Waals surface area contributed by atoms with Gasteiger partial charge in [0.1, 0.15) is 0 Å². The van der Waals surface area contributed by atoms with Crippen molar-refractivity contribution in [2.45, 2.75) is 19.3 Å². The van der Waals surface area contributed by atoms with Gasteiger partial charge in [-0.25, -0.2) is 0 Å². The lowest BCUT2D eigenvalue weighted by Gasteiger charge is -2.22. The smallest absolute Gasteiger partial charge is 0.0159 e. The van der Waals surface area contributed by atoms with Gasteiger partial charge in [-0.15, -0.1) is 0 Å². The summed E-state index contributed by atoms with van der Waals surface area (Å²) < 4.78 is 0. The molecule has 1 aliphatic carbocycles. The molecule has 0 fully saturated rings. The van der Waals surface area contributed by atoms with Crippen LogP contribution in [0, 0.1) is 0 Å². The van der Waals surface area contributed by atoms with Gasteiger partial charge in [-0.2, -0.15) is 0 Å². The minimum absolute atomic E-state index is 0.0608. The van der Waals surface area contributed by atoms with E-state index in [9.17, 15) is 0 Å². The molecule has 12 rings (SSSR count). The minimum atomic E-state index is -0.0608. The highest BCUT2D eigenvalue weighted by Gasteiger charge is 2.36. The van der Waals surface area contributed by atoms with Crippen molar-refractivity contribution in [3.05, 3.63) is 217 Å². The molecule has 1 aliphatic rings. The predicted octanol–water partition coefficient (Wildman–Crippen LogP) is 16.4. The molecule has 0 heteroatoms. The van der Waals surface area contributed by atoms with Crippen LogP contribution in [-0.2, 0) is 5.41 Å². The second kappa shape index (κ2) is 12.9. The molecule has 0 radical (unpaired) electrons. The third kappa shape index (κ3) is 5.03. The van der Waals surface area contributed by atoms with E-state index in [-0.39, 0.29) is 5.41 Å². The summed E-state index contributed by atoms with van der Waals surface area (Å²) in [6.07, 6.45) is 0. The Hall–Kier alpha value is -7.28. The molecule has 0 amide bonds. The summed E-state index contributed by atoms with van der Waals surface area (Å²) in [5.74, 6) is 0. The molecular formula is C59H40. The highest BCUT2D eigenvalue weighted by molar-refractivity contribution is 6.23. The Morgan fingerprint density at radius 1 is 0.254 bits per heavy atom. The van der Waals surface area contributed by atoms with Crippen molar-refractivity contribution in [3.8, 4) is 55.6 Å². The van der Waals surface area contributed by atoms with Gasteiger partial charge >= 0.3 is 0 Å². The zero-order chi connectivity index (χ0) is 39.2. The Labute approximate surface area is 344 Å². The largest absolute Gasteiger partial charge is 0.0616 e. The Kier molecular flexibility index (Phi) is 7.38. The predicted molar refractivity (Wildman–Crippen MR) is 253 cm³/mol. The van der Waals surface area contributed by atoms with Crippen LogP contribution in [-0.4, -0.2) is 0 Å². The maximum atomic E-state index is 2.45. The van der Waals surface area contributed by atoms with Gasteiger partial charge < -0.3 is 0 Å². The van der Waals surface area contributed by atoms with Crippen LogP contribution in [0.15, 0.2) is 206 Å². The van der Waals surface area contributed by atoms with Gasteiger partial charge in [0, 0.05) is 5.41 Å². The normalized spacial score (nSPS) is 13.1. The summed E-state index contributed by atoms with van der Waals surface area (Å²) in [6.45, 7) is 4.74. The Morgan fingerprint density at radius 3 is 1.51 bits per heavy atom. The van der Waals surface area contributed by atoms with Crippen molar-refractivity contribution < 1.29 is 0 Å². The highest BCUT2D eigenvalue weighted by atomic mass is 14.4. The maximum Gasteiger partial charge on any atom is 0.0159 e. The van der Waals surface area contributed by atoms with E-state index in [1.54, 1.807) is 0 Å². The summed E-state index contributed by atoms with van der Waals surface area (Å²) in [7, 11) is 0. The summed E-state index contributed by atoms with van der Waals surface area (Å²) in [6, 6.07) is 77.0. The Bertz CT molecular complexity index is 3470. The molecule has 0 heterocycles. The van der Waals surface area contributed by atoms with Gasteiger partial charge in [0.2, 0.25) is 0 Å². The lowest BCUT2D eigenvalue weighted by Crippen LogP contribution is -2.14. The van der Waals surface area contributed by atoms with Crippen molar-refractivity contribution in [3.63, 3.8) is 0 Å². The molecule has 11 aromatic rings. The van der Waals surface area contributed by atoms with Crippen molar-refractivity contribution in [1.82, 2.24) is 0 Å². The number of hydrogen-bond acceptors (Lipinski definition) is 0. The first-order chi connectivity index (χ1) is 29.0. The van der Waals surface area contributed by atoms with E-state index < -0.39 is 0 Å². The molecule has 0 saturated heterocycles. The van der Waals surface area contributed by atoms with E-state index in [1.165, 1.54) is 121 Å². The molecule has 0 atom stereocenters. The average Bonchev–Trinajstić information content (AvgIpc) is 3.53. The van der Waals surface area contributed by atoms with Crippen LogP contribution >= 0.6 is 0 Å². The zero-order valence-electron chi connectivity index (χ0n) is 33.1. The van der Waals surface area contributed by atoms with Crippen LogP contribution in [0.25, 0.3) is 109 Å². The molecule has 11 aromatic carbocycles. The van der Waals surface area contributed by atoms with E-state index in [0.717, 1.165) is 0 Å². The van der Waals surface area contributed by atoms with Crippen molar-refractivity contribution in [1.29, 1.82) is 0 Å². The third-order valence-corrected chi connectivity index (χ3v) is 13.2. The number of rotatable bonds is 4. The van der Waals surface area contributed by atoms with E-state index in [4.69, 9.17) is 0 Å². The van der Waals surface area contributed by atoms with E-state index in [2.05, 4.69) is 220 Å². The molecular weight excluding hydrogens is 709 g/mol. The lowest BCUT2D eigenvalue weighted by atomic mass is 9.81. The second-order valence-corrected chi connectivity index (χ2v) is 16.8. The van der Waals surface area contributed by atoms with E-state index >= 15 is 0 Å². The van der Waals surface area contributed by atoms with Crippen LogP contribution < -0.4 is 0 Å². The minimum Gasteiger partial charge on any atom is -0.0616 e. The Morgan fingerprint density at radius 2 is 0.780 bits per heavy atom. The third-order valence-electron chi connectivity index (χ3n) is 13.2. The van der Waals surface area contributed by atoms with Gasteiger partial charge in [0.05, 0.1) is 0 Å². The Balaban J connectivity index is 1.07. The summed E-state index contributed by atoms with van der Waals surface area (Å²) in [5.41, 5.74) is 15.5. The van der Waals surface area contributed by atoms with E-state index in [0.29, 0.717) is 0 Å². The summed E-state index contributed by atoms with van der Waals surface area (Å²) in [5, 5.41) is 12.7. The standard InChI is InChI=1S/C59H40/c1-59(2)54-32-31-39(35-53(54)58-43-21-6-3-16-37(43)30-33-55(58)59)38-18-15-19-41(34-38)56-48-26-11-13-28-50(48)57(51-29-14-12-27-49(51)56)47-25-10-9-24-46(47)52-36-40-17-4-5-20-42(40)44-22-7-8-23-45(44)52/h3-36H,1-2H3. The van der Waals surface area contributed by atoms with Crippen molar-refractivity contribution in [2.24, 2.45) is 0 Å². The fourth-order valence-electron chi connectivity index (χ4n) is 10.5. The van der Waals surface area contributed by atoms with Crippen LogP contribution in [0.1, 0.15) is 25.0 Å². The molecule has 0 aliphatic heterocycles. The first kappa shape index (κ1) is 33.8. The molecule has 59 heavy (non-hydrogen) atoms. The van der Waals surface area contributed by atoms with Gasteiger partial charge in [-0.05, 0) is 139 Å². The molecule has 0 unspecified atom stereocenters. The molecule has 0 nitrogen and oxygen atoms in total. The van der Waals surface area contributed by atoms with Crippen LogP contribution in [0.5, 0.6) is 0 Å². The van der Waals surface area contributed by atoms with Crippen LogP contribution in [0.4, 0.5) is 0 Å². The zero-order valence-corrected chi connectivity index (χ0v) is 33.1. The molecule has 0 bridgehead atoms. The number of hydrogen-bond donors (Lipinski definition) is 0.